The zero-order chi connectivity index (χ0) is 13.7. The third kappa shape index (κ3) is 3.35. The Kier molecular flexibility index (Phi) is 4.58. The van der Waals surface area contributed by atoms with E-state index in [1.807, 2.05) is 23.1 Å². The molecule has 1 heterocycles. The molecule has 0 aromatic heterocycles. The van der Waals surface area contributed by atoms with Gasteiger partial charge in [0.25, 0.3) is 0 Å². The van der Waals surface area contributed by atoms with Crippen LogP contribution in [0.2, 0.25) is 0 Å². The van der Waals surface area contributed by atoms with Crippen molar-refractivity contribution in [3.63, 3.8) is 0 Å². The van der Waals surface area contributed by atoms with Gasteiger partial charge in [-0.25, -0.2) is 0 Å². The van der Waals surface area contributed by atoms with E-state index in [9.17, 15) is 4.79 Å². The van der Waals surface area contributed by atoms with Gasteiger partial charge in [0.15, 0.2) is 0 Å². The van der Waals surface area contributed by atoms with Crippen LogP contribution in [0.15, 0.2) is 24.8 Å². The lowest BCUT2D eigenvalue weighted by Gasteiger charge is -2.27. The first kappa shape index (κ1) is 13.6. The first-order valence-corrected chi connectivity index (χ1v) is 6.39. The van der Waals surface area contributed by atoms with Crippen LogP contribution < -0.4 is 4.74 Å². The van der Waals surface area contributed by atoms with E-state index in [1.54, 1.807) is 13.2 Å². The fourth-order valence-electron chi connectivity index (χ4n) is 2.15. The van der Waals surface area contributed by atoms with Gasteiger partial charge in [0.1, 0.15) is 5.75 Å². The van der Waals surface area contributed by atoms with Crippen molar-refractivity contribution in [3.05, 3.63) is 35.9 Å². The number of nitrogens with zero attached hydrogens (tertiary/aromatic N) is 1. The predicted molar refractivity (Wildman–Crippen MR) is 74.2 cm³/mol. The number of rotatable bonds is 4. The van der Waals surface area contributed by atoms with Gasteiger partial charge < -0.3 is 14.4 Å². The van der Waals surface area contributed by atoms with Gasteiger partial charge in [0.05, 0.1) is 26.7 Å². The third-order valence-corrected chi connectivity index (χ3v) is 3.25. The minimum absolute atomic E-state index is 0.114. The molecule has 19 heavy (non-hydrogen) atoms. The summed E-state index contributed by atoms with van der Waals surface area (Å²) in [6.45, 7) is 6.32. The van der Waals surface area contributed by atoms with Gasteiger partial charge in [-0.15, -0.1) is 0 Å². The maximum Gasteiger partial charge on any atom is 0.227 e. The zero-order valence-corrected chi connectivity index (χ0v) is 11.2. The second kappa shape index (κ2) is 6.38. The molecule has 0 unspecified atom stereocenters. The number of methoxy groups -OCH3 is 1. The number of hydrogen-bond acceptors (Lipinski definition) is 3. The Morgan fingerprint density at radius 3 is 2.84 bits per heavy atom. The molecule has 0 N–H and O–H groups in total. The summed E-state index contributed by atoms with van der Waals surface area (Å²) < 4.78 is 10.6. The second-order valence-corrected chi connectivity index (χ2v) is 4.45. The molecule has 0 spiro atoms. The fraction of sp³-hybridized carbons (Fsp3) is 0.400. The van der Waals surface area contributed by atoms with Crippen LogP contribution in [-0.4, -0.2) is 44.2 Å². The van der Waals surface area contributed by atoms with E-state index < -0.39 is 0 Å². The molecule has 0 atom stereocenters. The van der Waals surface area contributed by atoms with Crippen molar-refractivity contribution in [2.75, 3.05) is 33.4 Å². The van der Waals surface area contributed by atoms with Gasteiger partial charge in [-0.3, -0.25) is 4.79 Å². The van der Waals surface area contributed by atoms with Crippen molar-refractivity contribution < 1.29 is 14.3 Å². The highest BCUT2D eigenvalue weighted by Crippen LogP contribution is 2.21. The summed E-state index contributed by atoms with van der Waals surface area (Å²) >= 11 is 0. The Bertz CT molecular complexity index is 464. The SMILES string of the molecule is C=Cc1ccc(OC)c(CC(=O)N2CCOCC2)c1. The molecule has 1 fully saturated rings. The summed E-state index contributed by atoms with van der Waals surface area (Å²) in [5.74, 6) is 0.857. The molecule has 1 saturated heterocycles. The van der Waals surface area contributed by atoms with Gasteiger partial charge in [-0.2, -0.15) is 0 Å². The minimum atomic E-state index is 0.114. The predicted octanol–water partition coefficient (Wildman–Crippen LogP) is 1.74. The average molecular weight is 261 g/mol. The highest BCUT2D eigenvalue weighted by molar-refractivity contribution is 5.80. The van der Waals surface area contributed by atoms with Crippen molar-refractivity contribution in [2.24, 2.45) is 0 Å². The van der Waals surface area contributed by atoms with Crippen molar-refractivity contribution in [2.45, 2.75) is 6.42 Å². The molecule has 1 aromatic rings. The molecule has 1 amide bonds. The van der Waals surface area contributed by atoms with Crippen LogP contribution in [0.4, 0.5) is 0 Å². The topological polar surface area (TPSA) is 38.8 Å². The quantitative estimate of drug-likeness (QED) is 0.828. The fourth-order valence-corrected chi connectivity index (χ4v) is 2.15. The number of hydrogen-bond donors (Lipinski definition) is 0. The molecule has 0 bridgehead atoms. The Labute approximate surface area is 113 Å². The number of benzene rings is 1. The van der Waals surface area contributed by atoms with E-state index in [2.05, 4.69) is 6.58 Å². The number of carbonyl (C=O) groups excluding carboxylic acids is 1. The van der Waals surface area contributed by atoms with Crippen LogP contribution in [0.5, 0.6) is 5.75 Å². The molecule has 2 rings (SSSR count). The second-order valence-electron chi connectivity index (χ2n) is 4.45. The number of amides is 1. The lowest BCUT2D eigenvalue weighted by Crippen LogP contribution is -2.41. The van der Waals surface area contributed by atoms with Gasteiger partial charge in [-0.1, -0.05) is 18.7 Å². The summed E-state index contributed by atoms with van der Waals surface area (Å²) in [6, 6.07) is 5.75. The highest BCUT2D eigenvalue weighted by atomic mass is 16.5. The first-order chi connectivity index (χ1) is 9.24. The molecular weight excluding hydrogens is 242 g/mol. The molecule has 4 nitrogen and oxygen atoms in total. The van der Waals surface area contributed by atoms with E-state index in [0.717, 1.165) is 16.9 Å². The monoisotopic (exact) mass is 261 g/mol. The number of carbonyl (C=O) groups is 1. The van der Waals surface area contributed by atoms with E-state index in [1.165, 1.54) is 0 Å². The van der Waals surface area contributed by atoms with E-state index >= 15 is 0 Å². The molecule has 0 aliphatic carbocycles. The lowest BCUT2D eigenvalue weighted by atomic mass is 10.1. The lowest BCUT2D eigenvalue weighted by molar-refractivity contribution is -0.134. The summed E-state index contributed by atoms with van der Waals surface area (Å²) in [5, 5.41) is 0. The largest absolute Gasteiger partial charge is 0.496 e. The van der Waals surface area contributed by atoms with Gasteiger partial charge >= 0.3 is 0 Å². The Morgan fingerprint density at radius 2 is 2.21 bits per heavy atom. The van der Waals surface area contributed by atoms with Gasteiger partial charge in [0, 0.05) is 18.7 Å². The van der Waals surface area contributed by atoms with Crippen LogP contribution in [0.1, 0.15) is 11.1 Å². The molecule has 1 aliphatic rings. The van der Waals surface area contributed by atoms with Crippen LogP contribution in [-0.2, 0) is 16.0 Å². The normalized spacial score (nSPS) is 15.1. The highest BCUT2D eigenvalue weighted by Gasteiger charge is 2.18. The zero-order valence-electron chi connectivity index (χ0n) is 11.2. The first-order valence-electron chi connectivity index (χ1n) is 6.39. The van der Waals surface area contributed by atoms with Crippen molar-refractivity contribution in [1.82, 2.24) is 4.90 Å². The summed E-state index contributed by atoms with van der Waals surface area (Å²) in [5.41, 5.74) is 1.89. The molecule has 0 saturated carbocycles. The van der Waals surface area contributed by atoms with E-state index in [4.69, 9.17) is 9.47 Å². The van der Waals surface area contributed by atoms with Crippen molar-refractivity contribution >= 4 is 12.0 Å². The number of morpholine rings is 1. The molecular formula is C15H19NO3. The Morgan fingerprint density at radius 1 is 1.47 bits per heavy atom. The molecule has 4 heteroatoms. The van der Waals surface area contributed by atoms with Gasteiger partial charge in [0.2, 0.25) is 5.91 Å². The standard InChI is InChI=1S/C15H19NO3/c1-3-12-4-5-14(18-2)13(10-12)11-15(17)16-6-8-19-9-7-16/h3-5,10H,1,6-9,11H2,2H3. The van der Waals surface area contributed by atoms with E-state index in [0.29, 0.717) is 32.7 Å². The Balaban J connectivity index is 2.12. The molecule has 1 aromatic carbocycles. The van der Waals surface area contributed by atoms with Crippen molar-refractivity contribution in [3.8, 4) is 5.75 Å². The molecule has 0 radical (unpaired) electrons. The van der Waals surface area contributed by atoms with Crippen LogP contribution in [0.25, 0.3) is 6.08 Å². The smallest absolute Gasteiger partial charge is 0.227 e. The maximum absolute atomic E-state index is 12.2. The summed E-state index contributed by atoms with van der Waals surface area (Å²) in [7, 11) is 1.62. The average Bonchev–Trinajstić information content (AvgIpc) is 2.48. The van der Waals surface area contributed by atoms with Gasteiger partial charge in [-0.05, 0) is 17.7 Å². The number of ether oxygens (including phenoxy) is 2. The summed E-state index contributed by atoms with van der Waals surface area (Å²) in [6.07, 6.45) is 2.12. The Hall–Kier alpha value is -1.81. The van der Waals surface area contributed by atoms with Crippen LogP contribution in [0.3, 0.4) is 0 Å². The molecule has 1 aliphatic heterocycles. The molecule has 102 valence electrons. The minimum Gasteiger partial charge on any atom is -0.496 e. The van der Waals surface area contributed by atoms with Crippen molar-refractivity contribution in [1.29, 1.82) is 0 Å². The maximum atomic E-state index is 12.2. The van der Waals surface area contributed by atoms with Crippen LogP contribution >= 0.6 is 0 Å². The third-order valence-electron chi connectivity index (χ3n) is 3.25. The van der Waals surface area contributed by atoms with E-state index in [-0.39, 0.29) is 5.91 Å². The summed E-state index contributed by atoms with van der Waals surface area (Å²) in [4.78, 5) is 14.1. The van der Waals surface area contributed by atoms with Crippen LogP contribution in [0, 0.1) is 0 Å².